The van der Waals surface area contributed by atoms with E-state index in [0.29, 0.717) is 10.6 Å². The van der Waals surface area contributed by atoms with Crippen LogP contribution in [0.2, 0.25) is 0 Å². The second-order valence-electron chi connectivity index (χ2n) is 7.09. The first kappa shape index (κ1) is 21.1. The van der Waals surface area contributed by atoms with Gasteiger partial charge in [0.15, 0.2) is 11.7 Å². The Morgan fingerprint density at radius 3 is 2.52 bits per heavy atom. The highest BCUT2D eigenvalue weighted by Crippen LogP contribution is 2.32. The molecule has 9 heteroatoms. The number of anilines is 1. The molecule has 6 nitrogen and oxygen atoms in total. The van der Waals surface area contributed by atoms with Crippen molar-refractivity contribution in [2.45, 2.75) is 38.8 Å². The summed E-state index contributed by atoms with van der Waals surface area (Å²) in [5.74, 6) is -1.23. The van der Waals surface area contributed by atoms with Crippen LogP contribution in [0.1, 0.15) is 48.6 Å². The Morgan fingerprint density at radius 1 is 1.24 bits per heavy atom. The Labute approximate surface area is 176 Å². The summed E-state index contributed by atoms with van der Waals surface area (Å²) in [6.07, 6.45) is 0.719. The molecule has 2 amide bonds. The average molecular weight is 433 g/mol. The van der Waals surface area contributed by atoms with E-state index < -0.39 is 23.3 Å². The van der Waals surface area contributed by atoms with Crippen LogP contribution in [0.25, 0.3) is 0 Å². The maximum Gasteiger partial charge on any atom is 0.280 e. The van der Waals surface area contributed by atoms with Crippen molar-refractivity contribution in [1.29, 1.82) is 0 Å². The third-order valence-electron chi connectivity index (χ3n) is 4.57. The van der Waals surface area contributed by atoms with Crippen molar-refractivity contribution in [3.8, 4) is 0 Å². The van der Waals surface area contributed by atoms with E-state index in [0.717, 1.165) is 18.0 Å². The predicted molar refractivity (Wildman–Crippen MR) is 113 cm³/mol. The molecule has 0 bridgehead atoms. The third kappa shape index (κ3) is 4.86. The fraction of sp³-hybridized carbons (Fsp3) is 0.300. The standard InChI is InChI=1S/C20H21FN4O2S2/c1-4-20(2,3)22-18(26)17(16-6-5-11-28-16)25(14-9-7-13(21)8-10-14)19(27)15-12-29-24-23-15/h5-12,17H,4H2,1-3H3,(H,22,26)/t17-/m0/s1. The van der Waals surface area contributed by atoms with Crippen LogP contribution in [-0.4, -0.2) is 26.9 Å². The summed E-state index contributed by atoms with van der Waals surface area (Å²) in [6, 6.07) is 8.17. The first-order valence-corrected chi connectivity index (χ1v) is 10.8. The molecular weight excluding hydrogens is 411 g/mol. The van der Waals surface area contributed by atoms with Crippen LogP contribution in [0.5, 0.6) is 0 Å². The number of thiophene rings is 1. The van der Waals surface area contributed by atoms with Gasteiger partial charge in [0.1, 0.15) is 5.82 Å². The molecule has 3 aromatic rings. The summed E-state index contributed by atoms with van der Waals surface area (Å²) in [5.41, 5.74) is 0.0717. The molecule has 2 heterocycles. The van der Waals surface area contributed by atoms with E-state index in [4.69, 9.17) is 0 Å². The second-order valence-corrected chi connectivity index (χ2v) is 8.68. The van der Waals surface area contributed by atoms with Gasteiger partial charge in [-0.05, 0) is 67.5 Å². The molecule has 1 atom stereocenters. The van der Waals surface area contributed by atoms with Crippen molar-refractivity contribution in [2.24, 2.45) is 0 Å². The molecule has 2 aromatic heterocycles. The topological polar surface area (TPSA) is 75.2 Å². The molecule has 152 valence electrons. The number of nitrogens with zero attached hydrogens (tertiary/aromatic N) is 3. The zero-order valence-corrected chi connectivity index (χ0v) is 17.9. The fourth-order valence-electron chi connectivity index (χ4n) is 2.68. The lowest BCUT2D eigenvalue weighted by Crippen LogP contribution is -2.50. The van der Waals surface area contributed by atoms with Gasteiger partial charge in [0.05, 0.1) is 0 Å². The van der Waals surface area contributed by atoms with Crippen molar-refractivity contribution >= 4 is 40.4 Å². The molecule has 0 fully saturated rings. The van der Waals surface area contributed by atoms with Gasteiger partial charge >= 0.3 is 0 Å². The minimum Gasteiger partial charge on any atom is -0.349 e. The molecule has 0 saturated heterocycles. The highest BCUT2D eigenvalue weighted by atomic mass is 32.1. The van der Waals surface area contributed by atoms with E-state index in [1.165, 1.54) is 45.9 Å². The largest absolute Gasteiger partial charge is 0.349 e. The van der Waals surface area contributed by atoms with Crippen molar-refractivity contribution in [3.05, 3.63) is 63.5 Å². The smallest absolute Gasteiger partial charge is 0.280 e. The lowest BCUT2D eigenvalue weighted by Gasteiger charge is -2.33. The monoisotopic (exact) mass is 432 g/mol. The van der Waals surface area contributed by atoms with E-state index in [9.17, 15) is 14.0 Å². The Bertz CT molecular complexity index is 957. The summed E-state index contributed by atoms with van der Waals surface area (Å²) in [7, 11) is 0. The van der Waals surface area contributed by atoms with Crippen LogP contribution in [0.3, 0.4) is 0 Å². The van der Waals surface area contributed by atoms with Crippen molar-refractivity contribution in [3.63, 3.8) is 0 Å². The first-order valence-electron chi connectivity index (χ1n) is 9.04. The highest BCUT2D eigenvalue weighted by Gasteiger charge is 2.36. The maximum atomic E-state index is 13.5. The van der Waals surface area contributed by atoms with E-state index in [2.05, 4.69) is 14.9 Å². The van der Waals surface area contributed by atoms with E-state index in [1.807, 2.05) is 32.2 Å². The van der Waals surface area contributed by atoms with Gasteiger partial charge < -0.3 is 5.32 Å². The molecule has 0 spiro atoms. The number of carbonyl (C=O) groups excluding carboxylic acids is 2. The Kier molecular flexibility index (Phi) is 6.39. The summed E-state index contributed by atoms with van der Waals surface area (Å²) >= 11 is 2.42. The van der Waals surface area contributed by atoms with Gasteiger partial charge in [0, 0.05) is 21.5 Å². The highest BCUT2D eigenvalue weighted by molar-refractivity contribution is 7.10. The fourth-order valence-corrected chi connectivity index (χ4v) is 3.92. The molecule has 0 aliphatic heterocycles. The molecule has 0 radical (unpaired) electrons. The minimum atomic E-state index is -0.930. The summed E-state index contributed by atoms with van der Waals surface area (Å²) in [5, 5.41) is 10.3. The summed E-state index contributed by atoms with van der Waals surface area (Å²) in [4.78, 5) is 28.7. The van der Waals surface area contributed by atoms with Crippen LogP contribution < -0.4 is 10.2 Å². The van der Waals surface area contributed by atoms with Crippen LogP contribution >= 0.6 is 22.9 Å². The van der Waals surface area contributed by atoms with Gasteiger partial charge in [-0.3, -0.25) is 14.5 Å². The maximum absolute atomic E-state index is 13.5. The van der Waals surface area contributed by atoms with Gasteiger partial charge in [-0.15, -0.1) is 16.4 Å². The number of benzene rings is 1. The summed E-state index contributed by atoms with van der Waals surface area (Å²) in [6.45, 7) is 5.82. The van der Waals surface area contributed by atoms with Crippen molar-refractivity contribution < 1.29 is 14.0 Å². The van der Waals surface area contributed by atoms with Gasteiger partial charge in [0.25, 0.3) is 5.91 Å². The SMILES string of the molecule is CCC(C)(C)NC(=O)[C@H](c1cccs1)N(C(=O)c1csnn1)c1ccc(F)cc1. The van der Waals surface area contributed by atoms with E-state index >= 15 is 0 Å². The third-order valence-corrected chi connectivity index (χ3v) is 6.00. The zero-order chi connectivity index (χ0) is 21.0. The van der Waals surface area contributed by atoms with E-state index in [-0.39, 0.29) is 11.6 Å². The van der Waals surface area contributed by atoms with Gasteiger partial charge in [-0.2, -0.15) is 0 Å². The molecular formula is C20H21FN4O2S2. The Hall–Kier alpha value is -2.65. The number of halogens is 1. The van der Waals surface area contributed by atoms with Crippen molar-refractivity contribution in [2.75, 3.05) is 4.90 Å². The quantitative estimate of drug-likeness (QED) is 0.599. The van der Waals surface area contributed by atoms with Gasteiger partial charge in [-0.1, -0.05) is 17.5 Å². The molecule has 0 saturated carbocycles. The van der Waals surface area contributed by atoms with E-state index in [1.54, 1.807) is 6.07 Å². The molecule has 0 unspecified atom stereocenters. The van der Waals surface area contributed by atoms with Crippen LogP contribution in [0.4, 0.5) is 10.1 Å². The minimum absolute atomic E-state index is 0.128. The first-order chi connectivity index (χ1) is 13.8. The predicted octanol–water partition coefficient (Wildman–Crippen LogP) is 4.43. The Morgan fingerprint density at radius 2 is 1.97 bits per heavy atom. The van der Waals surface area contributed by atoms with Gasteiger partial charge in [-0.25, -0.2) is 4.39 Å². The number of nitrogens with one attached hydrogen (secondary N) is 1. The molecule has 1 aromatic carbocycles. The molecule has 3 rings (SSSR count). The Balaban J connectivity index is 2.10. The molecule has 29 heavy (non-hydrogen) atoms. The number of carbonyl (C=O) groups is 2. The normalized spacial score (nSPS) is 12.4. The van der Waals surface area contributed by atoms with Gasteiger partial charge in [0.2, 0.25) is 5.91 Å². The average Bonchev–Trinajstić information content (AvgIpc) is 3.40. The van der Waals surface area contributed by atoms with Crippen LogP contribution in [0.15, 0.2) is 47.2 Å². The number of aromatic nitrogens is 2. The lowest BCUT2D eigenvalue weighted by atomic mass is 10.0. The number of rotatable bonds is 7. The summed E-state index contributed by atoms with van der Waals surface area (Å²) < 4.78 is 17.3. The van der Waals surface area contributed by atoms with Crippen LogP contribution in [-0.2, 0) is 4.79 Å². The second kappa shape index (κ2) is 8.79. The van der Waals surface area contributed by atoms with Crippen molar-refractivity contribution in [1.82, 2.24) is 14.9 Å². The van der Waals surface area contributed by atoms with Crippen LogP contribution in [0, 0.1) is 5.82 Å². The molecule has 1 N–H and O–H groups in total. The number of amides is 2. The lowest BCUT2D eigenvalue weighted by molar-refractivity contribution is -0.124. The molecule has 0 aliphatic carbocycles. The number of hydrogen-bond acceptors (Lipinski definition) is 6. The number of hydrogen-bond donors (Lipinski definition) is 1. The zero-order valence-electron chi connectivity index (χ0n) is 16.3. The molecule has 0 aliphatic rings.